The molecule has 0 N–H and O–H groups in total. The van der Waals surface area contributed by atoms with Crippen LogP contribution in [0.15, 0.2) is 91.4 Å². The molecular weight excluding hydrogens is 458 g/mol. The van der Waals surface area contributed by atoms with E-state index in [9.17, 15) is 0 Å². The summed E-state index contributed by atoms with van der Waals surface area (Å²) in [6.07, 6.45) is 5.31. The Kier molecular flexibility index (Phi) is 6.24. The lowest BCUT2D eigenvalue weighted by molar-refractivity contribution is 0.249. The maximum atomic E-state index is 9.07. The minimum atomic E-state index is 0.216. The number of aromatic nitrogens is 4. The number of hydrogen-bond donors (Lipinski definition) is 0. The quantitative estimate of drug-likeness (QED) is 0.350. The molecule has 2 aromatic carbocycles. The lowest BCUT2D eigenvalue weighted by Crippen LogP contribution is -2.46. The second-order valence-corrected chi connectivity index (χ2v) is 9.13. The molecule has 0 unspecified atom stereocenters. The van der Waals surface area contributed by atoms with Gasteiger partial charge in [0.1, 0.15) is 11.9 Å². The van der Waals surface area contributed by atoms with Crippen LogP contribution >= 0.6 is 0 Å². The molecule has 0 spiro atoms. The van der Waals surface area contributed by atoms with Gasteiger partial charge in [0.2, 0.25) is 5.82 Å². The molecule has 0 amide bonds. The van der Waals surface area contributed by atoms with Gasteiger partial charge in [-0.2, -0.15) is 5.26 Å². The number of rotatable bonds is 5. The van der Waals surface area contributed by atoms with Crippen LogP contribution in [0, 0.1) is 11.3 Å². The molecule has 0 bridgehead atoms. The Bertz CT molecular complexity index is 1570. The minimum Gasteiger partial charge on any atom is -0.354 e. The van der Waals surface area contributed by atoms with E-state index in [2.05, 4.69) is 79.3 Å². The molecule has 0 atom stereocenters. The Labute approximate surface area is 215 Å². The van der Waals surface area contributed by atoms with Crippen LogP contribution in [0.5, 0.6) is 0 Å². The molecule has 37 heavy (non-hydrogen) atoms. The van der Waals surface area contributed by atoms with Gasteiger partial charge in [-0.15, -0.1) is 0 Å². The zero-order chi connectivity index (χ0) is 25.0. The fraction of sp³-hybridized carbons (Fsp3) is 0.167. The summed E-state index contributed by atoms with van der Waals surface area (Å²) in [5, 5.41) is 10.1. The van der Waals surface area contributed by atoms with E-state index in [1.165, 1.54) is 5.56 Å². The SMILES string of the molecule is N#Cc1nccc(N2CCN(Cc3ccc(-c4nc5ccncc5cc4-c4ccccc4)cc3)CC2)n1. The maximum absolute atomic E-state index is 9.07. The van der Waals surface area contributed by atoms with Gasteiger partial charge in [0, 0.05) is 67.8 Å². The number of pyridine rings is 2. The van der Waals surface area contributed by atoms with Crippen LogP contribution in [0.3, 0.4) is 0 Å². The normalized spacial score (nSPS) is 14.0. The number of nitrogens with zero attached hydrogens (tertiary/aromatic N) is 7. The van der Waals surface area contributed by atoms with Crippen molar-refractivity contribution in [1.82, 2.24) is 24.8 Å². The molecular formula is C30H25N7. The predicted molar refractivity (Wildman–Crippen MR) is 145 cm³/mol. The molecule has 0 saturated carbocycles. The van der Waals surface area contributed by atoms with Gasteiger partial charge in [-0.05, 0) is 29.3 Å². The third kappa shape index (κ3) is 4.88. The van der Waals surface area contributed by atoms with Crippen LogP contribution in [0.1, 0.15) is 11.4 Å². The first-order chi connectivity index (χ1) is 18.3. The van der Waals surface area contributed by atoms with Crippen LogP contribution < -0.4 is 4.90 Å². The van der Waals surface area contributed by atoms with Crippen molar-refractivity contribution in [1.29, 1.82) is 5.26 Å². The van der Waals surface area contributed by atoms with Crippen molar-refractivity contribution in [2.24, 2.45) is 0 Å². The third-order valence-electron chi connectivity index (χ3n) is 6.77. The Morgan fingerprint density at radius 3 is 2.41 bits per heavy atom. The summed E-state index contributed by atoms with van der Waals surface area (Å²) in [4.78, 5) is 22.3. The van der Waals surface area contributed by atoms with Crippen molar-refractivity contribution in [2.45, 2.75) is 6.54 Å². The number of hydrogen-bond acceptors (Lipinski definition) is 7. The van der Waals surface area contributed by atoms with Crippen LogP contribution in [0.25, 0.3) is 33.3 Å². The minimum absolute atomic E-state index is 0.216. The van der Waals surface area contributed by atoms with Crippen LogP contribution in [0.2, 0.25) is 0 Å². The van der Waals surface area contributed by atoms with E-state index in [1.807, 2.05) is 30.5 Å². The van der Waals surface area contributed by atoms with Gasteiger partial charge in [0.15, 0.2) is 0 Å². The maximum Gasteiger partial charge on any atom is 0.234 e. The predicted octanol–water partition coefficient (Wildman–Crippen LogP) is 4.95. The highest BCUT2D eigenvalue weighted by atomic mass is 15.3. The first-order valence-electron chi connectivity index (χ1n) is 12.4. The topological polar surface area (TPSA) is 81.8 Å². The van der Waals surface area contributed by atoms with E-state index in [0.717, 1.165) is 71.8 Å². The number of nitriles is 1. The van der Waals surface area contributed by atoms with Crippen LogP contribution in [-0.2, 0) is 6.54 Å². The summed E-state index contributed by atoms with van der Waals surface area (Å²) < 4.78 is 0. The highest BCUT2D eigenvalue weighted by Gasteiger charge is 2.19. The number of piperazine rings is 1. The average Bonchev–Trinajstić information content (AvgIpc) is 2.98. The molecule has 180 valence electrons. The molecule has 1 fully saturated rings. The molecule has 7 nitrogen and oxygen atoms in total. The van der Waals surface area contributed by atoms with Crippen molar-refractivity contribution in [3.63, 3.8) is 0 Å². The summed E-state index contributed by atoms with van der Waals surface area (Å²) >= 11 is 0. The number of benzene rings is 2. The Balaban J connectivity index is 1.19. The molecule has 1 saturated heterocycles. The molecule has 1 aliphatic rings. The molecule has 0 aliphatic carbocycles. The van der Waals surface area contributed by atoms with E-state index in [4.69, 9.17) is 10.2 Å². The van der Waals surface area contributed by atoms with Gasteiger partial charge in [0.25, 0.3) is 0 Å². The smallest absolute Gasteiger partial charge is 0.234 e. The van der Waals surface area contributed by atoms with Crippen molar-refractivity contribution in [3.05, 3.63) is 103 Å². The third-order valence-corrected chi connectivity index (χ3v) is 6.77. The Morgan fingerprint density at radius 2 is 1.62 bits per heavy atom. The van der Waals surface area contributed by atoms with Gasteiger partial charge >= 0.3 is 0 Å². The zero-order valence-electron chi connectivity index (χ0n) is 20.3. The van der Waals surface area contributed by atoms with Crippen molar-refractivity contribution < 1.29 is 0 Å². The standard InChI is InChI=1S/C30H25N7/c31-19-28-33-13-11-29(35-28)37-16-14-36(15-17-37)21-22-6-8-24(9-7-22)30-26(23-4-2-1-3-5-23)18-25-20-32-12-10-27(25)34-30/h1-13,18,20H,14-17,21H2. The highest BCUT2D eigenvalue weighted by Crippen LogP contribution is 2.33. The largest absolute Gasteiger partial charge is 0.354 e. The van der Waals surface area contributed by atoms with Gasteiger partial charge in [-0.1, -0.05) is 54.6 Å². The highest BCUT2D eigenvalue weighted by molar-refractivity contribution is 5.91. The zero-order valence-corrected chi connectivity index (χ0v) is 20.3. The summed E-state index contributed by atoms with van der Waals surface area (Å²) in [5.41, 5.74) is 6.54. The first-order valence-corrected chi connectivity index (χ1v) is 12.4. The van der Waals surface area contributed by atoms with E-state index in [1.54, 1.807) is 12.4 Å². The molecule has 0 radical (unpaired) electrons. The lowest BCUT2D eigenvalue weighted by atomic mass is 9.97. The van der Waals surface area contributed by atoms with Crippen molar-refractivity contribution in [3.8, 4) is 28.5 Å². The van der Waals surface area contributed by atoms with E-state index < -0.39 is 0 Å². The first kappa shape index (κ1) is 22.8. The molecule has 3 aromatic heterocycles. The molecule has 4 heterocycles. The van der Waals surface area contributed by atoms with Gasteiger partial charge < -0.3 is 4.90 Å². The summed E-state index contributed by atoms with van der Waals surface area (Å²) in [6.45, 7) is 4.51. The second-order valence-electron chi connectivity index (χ2n) is 9.13. The Morgan fingerprint density at radius 1 is 0.811 bits per heavy atom. The van der Waals surface area contributed by atoms with Crippen molar-refractivity contribution in [2.75, 3.05) is 31.1 Å². The average molecular weight is 484 g/mol. The fourth-order valence-electron chi connectivity index (χ4n) is 4.82. The fourth-order valence-corrected chi connectivity index (χ4v) is 4.82. The Hall–Kier alpha value is -4.67. The van der Waals surface area contributed by atoms with E-state index >= 15 is 0 Å². The number of fused-ring (bicyclic) bond motifs is 1. The van der Waals surface area contributed by atoms with E-state index in [0.29, 0.717) is 0 Å². The monoisotopic (exact) mass is 483 g/mol. The number of anilines is 1. The molecule has 5 aromatic rings. The van der Waals surface area contributed by atoms with Crippen LogP contribution in [0.4, 0.5) is 5.82 Å². The molecule has 1 aliphatic heterocycles. The van der Waals surface area contributed by atoms with Gasteiger partial charge in [-0.25, -0.2) is 15.0 Å². The second kappa shape index (κ2) is 10.1. The van der Waals surface area contributed by atoms with E-state index in [-0.39, 0.29) is 5.82 Å². The summed E-state index contributed by atoms with van der Waals surface area (Å²) in [6, 6.07) is 27.2. The molecule has 7 heteroatoms. The summed E-state index contributed by atoms with van der Waals surface area (Å²) in [7, 11) is 0. The van der Waals surface area contributed by atoms with Crippen LogP contribution in [-0.4, -0.2) is 51.0 Å². The summed E-state index contributed by atoms with van der Waals surface area (Å²) in [5.74, 6) is 1.04. The molecule has 6 rings (SSSR count). The van der Waals surface area contributed by atoms with Gasteiger partial charge in [0.05, 0.1) is 11.2 Å². The van der Waals surface area contributed by atoms with Gasteiger partial charge in [-0.3, -0.25) is 9.88 Å². The lowest BCUT2D eigenvalue weighted by Gasteiger charge is -2.35. The van der Waals surface area contributed by atoms with Crippen molar-refractivity contribution >= 4 is 16.7 Å².